The average Bonchev–Trinajstić information content (AvgIpc) is 3.48. The standard InChI is InChI=1S/C25H35NO3/c1-4-25(22-7-5-6-19-11-10-18(3)28-16-21(19)22)23(29-25)14-15-24(27)26-20-12-8-17(2)9-13-20/h8-9,12-13,18-19,21-23H,3-7,10-11,14-16H2,1-2H3/p+1. The molecule has 1 N–H and O–H groups in total. The van der Waals surface area contributed by atoms with E-state index in [1.54, 1.807) is 0 Å². The number of anilines is 1. The van der Waals surface area contributed by atoms with Gasteiger partial charge in [0, 0.05) is 18.5 Å². The number of benzene rings is 1. The largest absolute Gasteiger partial charge is 0.366 e. The minimum absolute atomic E-state index is 0.0438. The Morgan fingerprint density at radius 2 is 2.00 bits per heavy atom. The van der Waals surface area contributed by atoms with Gasteiger partial charge in [-0.15, -0.1) is 0 Å². The molecule has 3 fully saturated rings. The number of nitrogens with one attached hydrogen (secondary N) is 1. The lowest BCUT2D eigenvalue weighted by atomic mass is 9.64. The highest BCUT2D eigenvalue weighted by Gasteiger charge is 2.62. The molecule has 2 heterocycles. The van der Waals surface area contributed by atoms with Gasteiger partial charge in [-0.3, -0.25) is 4.79 Å². The van der Waals surface area contributed by atoms with Crippen molar-refractivity contribution in [3.8, 4) is 0 Å². The second kappa shape index (κ2) is 8.69. The molecule has 2 aliphatic heterocycles. The van der Waals surface area contributed by atoms with E-state index in [0.717, 1.165) is 37.5 Å². The number of carbonyl (C=O) groups excluding carboxylic acids is 1. The van der Waals surface area contributed by atoms with Gasteiger partial charge in [0.25, 0.3) is 0 Å². The monoisotopic (exact) mass is 398 g/mol. The van der Waals surface area contributed by atoms with E-state index in [9.17, 15) is 4.79 Å². The highest BCUT2D eigenvalue weighted by atomic mass is 16.6. The number of carbonyl (C=O) groups is 1. The Balaban J connectivity index is 1.34. The molecule has 0 radical (unpaired) electrons. The minimum Gasteiger partial charge on any atom is -0.366 e. The van der Waals surface area contributed by atoms with Crippen LogP contribution in [-0.2, 0) is 14.3 Å². The molecule has 1 aromatic rings. The van der Waals surface area contributed by atoms with Crippen LogP contribution in [0.25, 0.3) is 0 Å². The van der Waals surface area contributed by atoms with E-state index >= 15 is 0 Å². The summed E-state index contributed by atoms with van der Waals surface area (Å²) in [4.78, 5) is 12.4. The fourth-order valence-corrected chi connectivity index (χ4v) is 5.86. The van der Waals surface area contributed by atoms with Gasteiger partial charge in [-0.1, -0.05) is 37.5 Å². The molecule has 0 spiro atoms. The third-order valence-electron chi connectivity index (χ3n) is 7.59. The fourth-order valence-electron chi connectivity index (χ4n) is 5.86. The lowest BCUT2D eigenvalue weighted by molar-refractivity contribution is -0.116. The second-order valence-electron chi connectivity index (χ2n) is 9.36. The van der Waals surface area contributed by atoms with Crippen LogP contribution in [-0.4, -0.2) is 30.3 Å². The van der Waals surface area contributed by atoms with Crippen molar-refractivity contribution in [1.29, 1.82) is 0 Å². The highest BCUT2D eigenvalue weighted by molar-refractivity contribution is 5.90. The van der Waals surface area contributed by atoms with E-state index in [-0.39, 0.29) is 23.7 Å². The first kappa shape index (κ1) is 20.7. The van der Waals surface area contributed by atoms with Gasteiger partial charge in [-0.25, -0.2) is 0 Å². The first-order valence-corrected chi connectivity index (χ1v) is 11.5. The molecule has 1 aliphatic carbocycles. The number of fused-ring (bicyclic) bond motifs is 1. The van der Waals surface area contributed by atoms with E-state index in [2.05, 4.69) is 19.2 Å². The summed E-state index contributed by atoms with van der Waals surface area (Å²) >= 11 is 0. The normalized spacial score (nSPS) is 36.7. The lowest BCUT2D eigenvalue weighted by Gasteiger charge is -2.40. The summed E-state index contributed by atoms with van der Waals surface area (Å²) in [7, 11) is 0. The second-order valence-corrected chi connectivity index (χ2v) is 9.36. The zero-order valence-corrected chi connectivity index (χ0v) is 18.0. The molecule has 29 heavy (non-hydrogen) atoms. The molecule has 1 amide bonds. The van der Waals surface area contributed by atoms with Gasteiger partial charge in [-0.05, 0) is 62.5 Å². The molecule has 158 valence electrons. The fraction of sp³-hybridized carbons (Fsp3) is 0.680. The first-order valence-electron chi connectivity index (χ1n) is 11.5. The van der Waals surface area contributed by atoms with Crippen molar-refractivity contribution < 1.29 is 14.3 Å². The van der Waals surface area contributed by atoms with Crippen molar-refractivity contribution in [2.45, 2.75) is 83.0 Å². The first-order chi connectivity index (χ1) is 14.0. The molecule has 2 saturated heterocycles. The van der Waals surface area contributed by atoms with E-state index < -0.39 is 0 Å². The Bertz CT molecular complexity index is 703. The maximum absolute atomic E-state index is 12.4. The maximum atomic E-state index is 12.4. The van der Waals surface area contributed by atoms with Crippen LogP contribution in [0.5, 0.6) is 0 Å². The van der Waals surface area contributed by atoms with Crippen molar-refractivity contribution >= 4 is 11.6 Å². The number of epoxide rings is 1. The molecule has 0 aromatic heterocycles. The van der Waals surface area contributed by atoms with E-state index in [0.29, 0.717) is 18.3 Å². The molecule has 6 atom stereocenters. The van der Waals surface area contributed by atoms with Crippen LogP contribution in [0.4, 0.5) is 5.69 Å². The SMILES string of the molecule is [CH2+]C1CCC2CCCC(C3(CC)OC3CCC(=O)Nc3ccc(C)cc3)C2CO1. The Morgan fingerprint density at radius 1 is 1.21 bits per heavy atom. The molecule has 4 rings (SSSR count). The number of aryl methyl sites for hydroxylation is 1. The molecule has 0 bridgehead atoms. The molecule has 4 nitrogen and oxygen atoms in total. The minimum atomic E-state index is -0.0438. The van der Waals surface area contributed by atoms with Crippen LogP contribution in [0.15, 0.2) is 24.3 Å². The maximum Gasteiger partial charge on any atom is 0.224 e. The van der Waals surface area contributed by atoms with Crippen LogP contribution < -0.4 is 5.32 Å². The summed E-state index contributed by atoms with van der Waals surface area (Å²) < 4.78 is 12.4. The molecular formula is C25H36NO3+. The molecule has 6 unspecified atom stereocenters. The van der Waals surface area contributed by atoms with Crippen molar-refractivity contribution in [2.75, 3.05) is 11.9 Å². The summed E-state index contributed by atoms with van der Waals surface area (Å²) in [6, 6.07) is 7.96. The predicted octanol–water partition coefficient (Wildman–Crippen LogP) is 5.31. The number of amides is 1. The van der Waals surface area contributed by atoms with Crippen LogP contribution in [0.3, 0.4) is 0 Å². The zero-order valence-electron chi connectivity index (χ0n) is 18.0. The number of hydrogen-bond acceptors (Lipinski definition) is 3. The van der Waals surface area contributed by atoms with Crippen molar-refractivity contribution in [2.24, 2.45) is 17.8 Å². The Labute approximate surface area is 175 Å². The van der Waals surface area contributed by atoms with Crippen molar-refractivity contribution in [1.82, 2.24) is 0 Å². The van der Waals surface area contributed by atoms with Gasteiger partial charge in [0.1, 0.15) is 0 Å². The number of ether oxygens (including phenoxy) is 2. The van der Waals surface area contributed by atoms with Gasteiger partial charge in [0.05, 0.1) is 25.2 Å². The average molecular weight is 399 g/mol. The topological polar surface area (TPSA) is 50.9 Å². The van der Waals surface area contributed by atoms with Crippen LogP contribution in [0, 0.1) is 31.6 Å². The summed E-state index contributed by atoms with van der Waals surface area (Å²) in [5.74, 6) is 1.97. The van der Waals surface area contributed by atoms with Crippen LogP contribution in [0.2, 0.25) is 0 Å². The quantitative estimate of drug-likeness (QED) is 0.522. The number of hydrogen-bond donors (Lipinski definition) is 1. The molecule has 1 aromatic carbocycles. The van der Waals surface area contributed by atoms with E-state index in [1.165, 1.54) is 31.2 Å². The van der Waals surface area contributed by atoms with Gasteiger partial charge in [0.15, 0.2) is 6.10 Å². The van der Waals surface area contributed by atoms with Gasteiger partial charge in [-0.2, -0.15) is 0 Å². The third-order valence-corrected chi connectivity index (χ3v) is 7.59. The smallest absolute Gasteiger partial charge is 0.224 e. The van der Waals surface area contributed by atoms with Gasteiger partial charge >= 0.3 is 0 Å². The van der Waals surface area contributed by atoms with Gasteiger partial charge < -0.3 is 14.8 Å². The number of rotatable bonds is 6. The van der Waals surface area contributed by atoms with Crippen molar-refractivity contribution in [3.63, 3.8) is 0 Å². The zero-order chi connectivity index (χ0) is 20.4. The summed E-state index contributed by atoms with van der Waals surface area (Å²) in [5.41, 5.74) is 2.02. The van der Waals surface area contributed by atoms with E-state index in [1.807, 2.05) is 31.2 Å². The van der Waals surface area contributed by atoms with Gasteiger partial charge in [0.2, 0.25) is 5.91 Å². The van der Waals surface area contributed by atoms with Crippen LogP contribution >= 0.6 is 0 Å². The Kier molecular flexibility index (Phi) is 6.21. The van der Waals surface area contributed by atoms with E-state index in [4.69, 9.17) is 9.47 Å². The molecular weight excluding hydrogens is 362 g/mol. The third kappa shape index (κ3) is 4.49. The molecule has 4 heteroatoms. The molecule has 3 aliphatic rings. The van der Waals surface area contributed by atoms with Crippen molar-refractivity contribution in [3.05, 3.63) is 36.8 Å². The highest BCUT2D eigenvalue weighted by Crippen LogP contribution is 2.56. The summed E-state index contributed by atoms with van der Waals surface area (Å²) in [6.45, 7) is 9.27. The summed E-state index contributed by atoms with van der Waals surface area (Å²) in [6.07, 6.45) is 8.84. The predicted molar refractivity (Wildman–Crippen MR) is 116 cm³/mol. The van der Waals surface area contributed by atoms with Crippen LogP contribution in [0.1, 0.15) is 63.9 Å². The lowest BCUT2D eigenvalue weighted by Crippen LogP contribution is -2.41. The Morgan fingerprint density at radius 3 is 2.76 bits per heavy atom. The Hall–Kier alpha value is -1.52. The molecule has 1 saturated carbocycles. The summed E-state index contributed by atoms with van der Waals surface area (Å²) in [5, 5.41) is 3.01.